The molecule has 0 amide bonds. The maximum atomic E-state index is 9.13. The Bertz CT molecular complexity index is 71.7. The Labute approximate surface area is 32.8 Å². The third kappa shape index (κ3) is 3.60. The quantitative estimate of drug-likeness (QED) is 0.273. The van der Waals surface area contributed by atoms with Crippen LogP contribution in [0, 0.1) is 0 Å². The highest BCUT2D eigenvalue weighted by Gasteiger charge is 1.46. The Morgan fingerprint density at radius 3 is 2.40 bits per heavy atom. The summed E-state index contributed by atoms with van der Waals surface area (Å²) in [4.78, 5) is 18.2. The molecule has 0 aromatic heterocycles. The van der Waals surface area contributed by atoms with E-state index < -0.39 is 0 Å². The topological polar surface area (TPSA) is 34.1 Å². The average Bonchev–Trinajstić information content (AvgIpc) is 1.41. The van der Waals surface area contributed by atoms with Crippen molar-refractivity contribution in [2.45, 2.75) is 0 Å². The number of hydrogen-bond donors (Lipinski definition) is 1. The largest absolute Gasteiger partial charge is 0.291 e. The maximum absolute atomic E-state index is 9.13. The van der Waals surface area contributed by atoms with Gasteiger partial charge in [-0.3, -0.25) is 4.79 Å². The fraction of sp³-hybridized carbons (Fsp3) is 0. The Morgan fingerprint density at radius 2 is 2.40 bits per heavy atom. The van der Waals surface area contributed by atoms with Crippen LogP contribution in [0.2, 0.25) is 0 Å². The van der Waals surface area contributed by atoms with Crippen molar-refractivity contribution in [2.75, 3.05) is 0 Å². The first-order chi connectivity index (χ1) is 2.41. The molecule has 0 aromatic carbocycles. The summed E-state index contributed by atoms with van der Waals surface area (Å²) in [7, 11) is 0. The molecule has 0 atom stereocenters. The lowest BCUT2D eigenvalue weighted by molar-refractivity contribution is 0.569. The number of hydrogen-bond acceptors (Lipinski definition) is 2. The van der Waals surface area contributed by atoms with E-state index in [1.807, 2.05) is 0 Å². The van der Waals surface area contributed by atoms with Crippen LogP contribution in [0.5, 0.6) is 0 Å². The minimum Gasteiger partial charge on any atom is -0.291 e. The highest BCUT2D eigenvalue weighted by atomic mass is 32.1. The van der Waals surface area contributed by atoms with Crippen LogP contribution in [0.3, 0.4) is 0 Å². The molecule has 5 heavy (non-hydrogen) atoms. The van der Waals surface area contributed by atoms with Gasteiger partial charge in [-0.25, -0.2) is 4.79 Å². The monoisotopic (exact) mass is 90.0 g/mol. The van der Waals surface area contributed by atoms with E-state index in [4.69, 9.17) is 9.59 Å². The second-order valence-corrected chi connectivity index (χ2v) is 0.977. The summed E-state index contributed by atoms with van der Waals surface area (Å²) in [5, 5.41) is 1.37. The normalized spacial score (nSPS) is 5.60. The highest BCUT2D eigenvalue weighted by molar-refractivity contribution is 8.09. The van der Waals surface area contributed by atoms with Gasteiger partial charge in [0.1, 0.15) is 0 Å². The molecular weight excluding hydrogens is 88.1 g/mol. The predicted octanol–water partition coefficient (Wildman–Crippen LogP) is -0.291. The zero-order valence-corrected chi connectivity index (χ0v) is 3.24. The van der Waals surface area contributed by atoms with Crippen LogP contribution in [0.1, 0.15) is 0 Å². The molecule has 0 unspecified atom stereocenters. The second-order valence-electron chi connectivity index (χ2n) is 0.326. The van der Waals surface area contributed by atoms with E-state index in [9.17, 15) is 0 Å². The van der Waals surface area contributed by atoms with Gasteiger partial charge in [-0.15, -0.1) is 0 Å². The Morgan fingerprint density at radius 1 is 1.80 bits per heavy atom. The molecule has 0 aliphatic carbocycles. The van der Waals surface area contributed by atoms with E-state index in [1.165, 1.54) is 5.23 Å². The summed E-state index contributed by atoms with van der Waals surface area (Å²) in [6, 6.07) is 0. The van der Waals surface area contributed by atoms with E-state index in [0.717, 1.165) is 0 Å². The van der Waals surface area contributed by atoms with Gasteiger partial charge in [-0.05, 0) is 0 Å². The van der Waals surface area contributed by atoms with Gasteiger partial charge in [0.15, 0.2) is 10.9 Å². The molecule has 0 heterocycles. The van der Waals surface area contributed by atoms with Crippen molar-refractivity contribution in [3.05, 3.63) is 0 Å². The molecule has 0 aliphatic heterocycles. The molecule has 0 bridgehead atoms. The van der Waals surface area contributed by atoms with Crippen LogP contribution >= 0.6 is 11.4 Å². The molecule has 2 nitrogen and oxygen atoms in total. The van der Waals surface area contributed by atoms with Gasteiger partial charge >= 0.3 is 0 Å². The minimum absolute atomic E-state index is 0.0941. The Hall–Kier alpha value is -0.400. The molecular formula is C2H2O2S. The van der Waals surface area contributed by atoms with Crippen molar-refractivity contribution in [1.82, 2.24) is 0 Å². The fourth-order valence-corrected chi connectivity index (χ4v) is 0.0645. The van der Waals surface area contributed by atoms with Gasteiger partial charge in [0, 0.05) is 0 Å². The molecule has 0 fully saturated rings. The summed E-state index contributed by atoms with van der Waals surface area (Å²) in [6.07, 6.45) is 0. The first-order valence-electron chi connectivity index (χ1n) is 0.922. The zero-order valence-electron chi connectivity index (χ0n) is 2.34. The first-order valence-corrected chi connectivity index (χ1v) is 1.89. The number of rotatable bonds is 1. The van der Waals surface area contributed by atoms with Crippen LogP contribution in [-0.2, 0) is 9.59 Å². The maximum Gasteiger partial charge on any atom is 0.177 e. The standard InChI is InChI=1S/C2H2O2S/c3-1-5-2-4/h1,5H. The number of carbonyl (C=O) groups excluding carboxylic acids is 2. The highest BCUT2D eigenvalue weighted by Crippen LogP contribution is 1.60. The van der Waals surface area contributed by atoms with Crippen LogP contribution < -0.4 is 0 Å². The molecule has 0 aliphatic rings. The van der Waals surface area contributed by atoms with Gasteiger partial charge in [0.2, 0.25) is 0 Å². The molecule has 28 valence electrons. The smallest absolute Gasteiger partial charge is 0.177 e. The minimum atomic E-state index is 0.0941. The SMILES string of the molecule is O=C=[SH]C=O. The van der Waals surface area contributed by atoms with E-state index in [-0.39, 0.29) is 11.4 Å². The second kappa shape index (κ2) is 3.60. The first kappa shape index (κ1) is 4.60. The van der Waals surface area contributed by atoms with Gasteiger partial charge < -0.3 is 0 Å². The van der Waals surface area contributed by atoms with Gasteiger partial charge in [-0.1, -0.05) is 11.4 Å². The van der Waals surface area contributed by atoms with Gasteiger partial charge in [-0.2, -0.15) is 0 Å². The average molecular weight is 90.1 g/mol. The summed E-state index contributed by atoms with van der Waals surface area (Å²) < 4.78 is 0. The molecule has 3 heteroatoms. The lowest BCUT2D eigenvalue weighted by atomic mass is 11.8. The zero-order chi connectivity index (χ0) is 4.12. The van der Waals surface area contributed by atoms with E-state index in [1.54, 1.807) is 0 Å². The van der Waals surface area contributed by atoms with E-state index in [0.29, 0.717) is 5.62 Å². The van der Waals surface area contributed by atoms with E-state index >= 15 is 0 Å². The van der Waals surface area contributed by atoms with Crippen molar-refractivity contribution in [3.8, 4) is 0 Å². The van der Waals surface area contributed by atoms with E-state index in [2.05, 4.69) is 0 Å². The van der Waals surface area contributed by atoms with Crippen molar-refractivity contribution in [1.29, 1.82) is 0 Å². The van der Waals surface area contributed by atoms with Crippen LogP contribution in [0.25, 0.3) is 0 Å². The van der Waals surface area contributed by atoms with Gasteiger partial charge in [0.05, 0.1) is 0 Å². The molecule has 0 saturated carbocycles. The Balaban J connectivity index is 3.31. The summed E-state index contributed by atoms with van der Waals surface area (Å²) >= 11 is 0.0941. The van der Waals surface area contributed by atoms with Crippen molar-refractivity contribution in [2.24, 2.45) is 0 Å². The summed E-state index contributed by atoms with van der Waals surface area (Å²) in [6.45, 7) is 0. The number of thiol groups is 1. The Kier molecular flexibility index (Phi) is 3.31. The van der Waals surface area contributed by atoms with Crippen LogP contribution in [0.4, 0.5) is 0 Å². The molecule has 0 saturated heterocycles. The van der Waals surface area contributed by atoms with Crippen molar-refractivity contribution < 1.29 is 9.59 Å². The van der Waals surface area contributed by atoms with Gasteiger partial charge in [0.25, 0.3) is 0 Å². The van der Waals surface area contributed by atoms with Crippen LogP contribution in [-0.4, -0.2) is 10.9 Å². The summed E-state index contributed by atoms with van der Waals surface area (Å²) in [5.41, 5.74) is 0.479. The lowest BCUT2D eigenvalue weighted by Crippen LogP contribution is -1.40. The third-order valence-corrected chi connectivity index (χ3v) is 0.316. The lowest BCUT2D eigenvalue weighted by Gasteiger charge is -1.39. The molecule has 0 aromatic rings. The summed E-state index contributed by atoms with van der Waals surface area (Å²) in [5.74, 6) is 0. The van der Waals surface area contributed by atoms with Crippen LogP contribution in [0.15, 0.2) is 0 Å². The number of carbonyl (C=O) groups is 1. The molecule has 0 spiro atoms. The molecule has 0 N–H and O–H groups in total. The van der Waals surface area contributed by atoms with Crippen molar-refractivity contribution in [3.63, 3.8) is 0 Å². The molecule has 0 rings (SSSR count). The third-order valence-electron chi connectivity index (χ3n) is 0.105. The fourth-order valence-electron chi connectivity index (χ4n) is 0.0215. The predicted molar refractivity (Wildman–Crippen MR) is 21.4 cm³/mol. The van der Waals surface area contributed by atoms with Crippen molar-refractivity contribution >= 4 is 22.2 Å². The molecule has 0 radical (unpaired) electrons.